The van der Waals surface area contributed by atoms with Gasteiger partial charge in [-0.05, 0) is 36.4 Å². The molecule has 0 unspecified atom stereocenters. The Hall–Kier alpha value is -3.33. The summed E-state index contributed by atoms with van der Waals surface area (Å²) in [5.41, 5.74) is 7.49. The molecule has 6 heteroatoms. The molecule has 110 valence electrons. The highest BCUT2D eigenvalue weighted by molar-refractivity contribution is 6.07. The molecule has 0 aliphatic rings. The van der Waals surface area contributed by atoms with E-state index < -0.39 is 5.91 Å². The molecule has 0 bridgehead atoms. The third-order valence-corrected chi connectivity index (χ3v) is 2.86. The number of anilines is 3. The Kier molecular flexibility index (Phi) is 4.73. The maximum absolute atomic E-state index is 12.2. The molecule has 0 aliphatic carbocycles. The number of para-hydroxylation sites is 2. The van der Waals surface area contributed by atoms with Crippen LogP contribution < -0.4 is 16.4 Å². The minimum absolute atomic E-state index is 0.250. The zero-order valence-electron chi connectivity index (χ0n) is 11.7. The largest absolute Gasteiger partial charge is 0.399 e. The highest BCUT2D eigenvalue weighted by Gasteiger charge is 2.10. The van der Waals surface area contributed by atoms with E-state index in [9.17, 15) is 9.59 Å². The van der Waals surface area contributed by atoms with Crippen molar-refractivity contribution in [2.75, 3.05) is 16.4 Å². The average Bonchev–Trinajstić information content (AvgIpc) is 2.50. The molecule has 0 heterocycles. The second kappa shape index (κ2) is 6.90. The lowest BCUT2D eigenvalue weighted by Gasteiger charge is -2.11. The summed E-state index contributed by atoms with van der Waals surface area (Å²) in [5, 5.41) is 13.8. The number of hydrogen-bond acceptors (Lipinski definition) is 4. The van der Waals surface area contributed by atoms with E-state index in [2.05, 4.69) is 10.6 Å². The van der Waals surface area contributed by atoms with Crippen molar-refractivity contribution in [3.63, 3.8) is 0 Å². The van der Waals surface area contributed by atoms with Gasteiger partial charge in [0.05, 0.1) is 17.4 Å². The number of nitrogen functional groups attached to an aromatic ring is 1. The summed E-state index contributed by atoms with van der Waals surface area (Å²) in [4.78, 5) is 23.7. The fourth-order valence-corrected chi connectivity index (χ4v) is 1.80. The van der Waals surface area contributed by atoms with Gasteiger partial charge >= 0.3 is 0 Å². The summed E-state index contributed by atoms with van der Waals surface area (Å²) in [5.74, 6) is -0.751. The van der Waals surface area contributed by atoms with Gasteiger partial charge in [0.25, 0.3) is 5.91 Å². The normalized spacial score (nSPS) is 9.59. The molecule has 2 aromatic rings. The van der Waals surface area contributed by atoms with Crippen LogP contribution in [-0.2, 0) is 4.79 Å². The van der Waals surface area contributed by atoms with Crippen LogP contribution in [0.1, 0.15) is 16.8 Å². The third kappa shape index (κ3) is 3.84. The molecule has 0 radical (unpaired) electrons. The van der Waals surface area contributed by atoms with Gasteiger partial charge in [-0.1, -0.05) is 12.1 Å². The van der Waals surface area contributed by atoms with Crippen LogP contribution in [0.2, 0.25) is 0 Å². The zero-order valence-corrected chi connectivity index (χ0v) is 11.7. The first-order valence-corrected chi connectivity index (χ1v) is 6.53. The Labute approximate surface area is 127 Å². The maximum atomic E-state index is 12.2. The van der Waals surface area contributed by atoms with Crippen molar-refractivity contribution in [1.82, 2.24) is 0 Å². The Morgan fingerprint density at radius 2 is 1.59 bits per heavy atom. The number of nitrogens with zero attached hydrogens (tertiary/aromatic N) is 1. The molecule has 2 amide bonds. The average molecular weight is 294 g/mol. The van der Waals surface area contributed by atoms with E-state index in [-0.39, 0.29) is 12.3 Å². The van der Waals surface area contributed by atoms with Crippen LogP contribution in [0, 0.1) is 11.3 Å². The highest BCUT2D eigenvalue weighted by atomic mass is 16.2. The van der Waals surface area contributed by atoms with Crippen molar-refractivity contribution >= 4 is 28.9 Å². The molecule has 2 rings (SSSR count). The van der Waals surface area contributed by atoms with Crippen LogP contribution in [0.4, 0.5) is 17.1 Å². The van der Waals surface area contributed by atoms with Crippen LogP contribution in [0.5, 0.6) is 0 Å². The molecular formula is C16H14N4O2. The lowest BCUT2D eigenvalue weighted by atomic mass is 10.2. The quantitative estimate of drug-likeness (QED) is 0.752. The van der Waals surface area contributed by atoms with E-state index in [0.29, 0.717) is 22.6 Å². The third-order valence-electron chi connectivity index (χ3n) is 2.86. The van der Waals surface area contributed by atoms with Crippen molar-refractivity contribution in [2.24, 2.45) is 0 Å². The monoisotopic (exact) mass is 294 g/mol. The molecule has 2 aromatic carbocycles. The van der Waals surface area contributed by atoms with Crippen LogP contribution >= 0.6 is 0 Å². The topological polar surface area (TPSA) is 108 Å². The van der Waals surface area contributed by atoms with Gasteiger partial charge in [0.15, 0.2) is 0 Å². The maximum Gasteiger partial charge on any atom is 0.255 e. The van der Waals surface area contributed by atoms with Gasteiger partial charge in [-0.2, -0.15) is 5.26 Å². The first-order valence-electron chi connectivity index (χ1n) is 6.53. The van der Waals surface area contributed by atoms with Crippen LogP contribution in [0.3, 0.4) is 0 Å². The number of benzene rings is 2. The number of carbonyl (C=O) groups is 2. The van der Waals surface area contributed by atoms with Crippen LogP contribution in [0.15, 0.2) is 48.5 Å². The van der Waals surface area contributed by atoms with Gasteiger partial charge in [0, 0.05) is 11.3 Å². The Bertz CT molecular complexity index is 733. The van der Waals surface area contributed by atoms with Gasteiger partial charge < -0.3 is 16.4 Å². The number of rotatable bonds is 4. The Morgan fingerprint density at radius 3 is 2.18 bits per heavy atom. The second-order valence-electron chi connectivity index (χ2n) is 4.50. The zero-order chi connectivity index (χ0) is 15.9. The molecular weight excluding hydrogens is 280 g/mol. The van der Waals surface area contributed by atoms with E-state index in [0.717, 1.165) is 0 Å². The van der Waals surface area contributed by atoms with Gasteiger partial charge in [-0.3, -0.25) is 9.59 Å². The van der Waals surface area contributed by atoms with E-state index in [1.165, 1.54) is 0 Å². The molecule has 0 spiro atoms. The summed E-state index contributed by atoms with van der Waals surface area (Å²) < 4.78 is 0. The fraction of sp³-hybridized carbons (Fsp3) is 0.0625. The number of nitriles is 1. The van der Waals surface area contributed by atoms with Crippen molar-refractivity contribution in [2.45, 2.75) is 6.42 Å². The van der Waals surface area contributed by atoms with Crippen molar-refractivity contribution in [3.8, 4) is 6.07 Å². The molecule has 0 aliphatic heterocycles. The number of carbonyl (C=O) groups excluding carboxylic acids is 2. The summed E-state index contributed by atoms with van der Waals surface area (Å²) >= 11 is 0. The summed E-state index contributed by atoms with van der Waals surface area (Å²) in [6.45, 7) is 0. The number of nitrogens with one attached hydrogen (secondary N) is 2. The van der Waals surface area contributed by atoms with Crippen LogP contribution in [0.25, 0.3) is 0 Å². The molecule has 0 saturated heterocycles. The minimum Gasteiger partial charge on any atom is -0.399 e. The predicted octanol–water partition coefficient (Wildman–Crippen LogP) is 2.37. The van der Waals surface area contributed by atoms with Gasteiger partial charge in [-0.25, -0.2) is 0 Å². The van der Waals surface area contributed by atoms with E-state index in [4.69, 9.17) is 11.0 Å². The smallest absolute Gasteiger partial charge is 0.255 e. The predicted molar refractivity (Wildman–Crippen MR) is 84.1 cm³/mol. The molecule has 4 N–H and O–H groups in total. The Morgan fingerprint density at radius 1 is 1.00 bits per heavy atom. The van der Waals surface area contributed by atoms with Crippen LogP contribution in [-0.4, -0.2) is 11.8 Å². The fourth-order valence-electron chi connectivity index (χ4n) is 1.80. The SMILES string of the molecule is N#CCC(=O)Nc1ccccc1NC(=O)c1ccc(N)cc1. The number of hydrogen-bond donors (Lipinski definition) is 3. The van der Waals surface area contributed by atoms with Gasteiger partial charge in [-0.15, -0.1) is 0 Å². The molecule has 0 atom stereocenters. The number of nitrogens with two attached hydrogens (primary N) is 1. The summed E-state index contributed by atoms with van der Waals surface area (Å²) in [6, 6.07) is 15.0. The first kappa shape index (κ1) is 15.1. The van der Waals surface area contributed by atoms with Gasteiger partial charge in [0.1, 0.15) is 6.42 Å². The molecule has 0 aromatic heterocycles. The number of amides is 2. The summed E-state index contributed by atoms with van der Waals surface area (Å²) in [6.07, 6.45) is -0.250. The highest BCUT2D eigenvalue weighted by Crippen LogP contribution is 2.22. The summed E-state index contributed by atoms with van der Waals surface area (Å²) in [7, 11) is 0. The molecule has 0 fully saturated rings. The van der Waals surface area contributed by atoms with Gasteiger partial charge in [0.2, 0.25) is 5.91 Å². The van der Waals surface area contributed by atoms with E-state index in [1.807, 2.05) is 0 Å². The molecule has 0 saturated carbocycles. The van der Waals surface area contributed by atoms with E-state index in [1.54, 1.807) is 54.6 Å². The second-order valence-corrected chi connectivity index (χ2v) is 4.50. The first-order chi connectivity index (χ1) is 10.6. The Balaban J connectivity index is 2.15. The van der Waals surface area contributed by atoms with Crippen molar-refractivity contribution in [1.29, 1.82) is 5.26 Å². The lowest BCUT2D eigenvalue weighted by Crippen LogP contribution is -2.16. The minimum atomic E-state index is -0.434. The molecule has 22 heavy (non-hydrogen) atoms. The lowest BCUT2D eigenvalue weighted by molar-refractivity contribution is -0.115. The van der Waals surface area contributed by atoms with Crippen molar-refractivity contribution in [3.05, 3.63) is 54.1 Å². The molecule has 6 nitrogen and oxygen atoms in total. The standard InChI is InChI=1S/C16H14N4O2/c17-10-9-15(21)19-13-3-1-2-4-14(13)20-16(22)11-5-7-12(18)8-6-11/h1-8H,9,18H2,(H,19,21)(H,20,22). The van der Waals surface area contributed by atoms with Crippen molar-refractivity contribution < 1.29 is 9.59 Å². The van der Waals surface area contributed by atoms with E-state index >= 15 is 0 Å².